The molecule has 0 spiro atoms. The Morgan fingerprint density at radius 3 is 2.84 bits per heavy atom. The molecule has 0 aliphatic carbocycles. The molecule has 2 atom stereocenters. The van der Waals surface area contributed by atoms with Crippen molar-refractivity contribution in [2.75, 3.05) is 19.8 Å². The van der Waals surface area contributed by atoms with Gasteiger partial charge in [0.05, 0.1) is 12.1 Å². The van der Waals surface area contributed by atoms with E-state index in [0.29, 0.717) is 41.8 Å². The van der Waals surface area contributed by atoms with Gasteiger partial charge in [0.25, 0.3) is 0 Å². The average molecular weight is 347 g/mol. The first-order valence-electron chi connectivity index (χ1n) is 8.73. The molecule has 7 heteroatoms. The molecule has 2 fully saturated rings. The van der Waals surface area contributed by atoms with Crippen LogP contribution in [-0.2, 0) is 4.74 Å². The van der Waals surface area contributed by atoms with Crippen LogP contribution in [0, 0.1) is 12.7 Å². The van der Waals surface area contributed by atoms with Crippen molar-refractivity contribution in [2.45, 2.75) is 44.4 Å². The largest absolute Gasteiger partial charge is 0.392 e. The van der Waals surface area contributed by atoms with Crippen LogP contribution >= 0.6 is 0 Å². The van der Waals surface area contributed by atoms with Crippen molar-refractivity contribution in [2.24, 2.45) is 0 Å². The van der Waals surface area contributed by atoms with Crippen LogP contribution in [0.15, 0.2) is 22.7 Å². The molecule has 1 aromatic carbocycles. The van der Waals surface area contributed by atoms with Crippen LogP contribution in [0.2, 0.25) is 0 Å². The Hall–Kier alpha value is -1.83. The third-order valence-corrected chi connectivity index (χ3v) is 5.13. The number of aryl methyl sites for hydroxylation is 1. The predicted molar refractivity (Wildman–Crippen MR) is 88.3 cm³/mol. The van der Waals surface area contributed by atoms with Crippen LogP contribution < -0.4 is 0 Å². The topological polar surface area (TPSA) is 71.6 Å². The molecule has 134 valence electrons. The second-order valence-corrected chi connectivity index (χ2v) is 6.87. The number of benzene rings is 1. The Morgan fingerprint density at radius 2 is 2.08 bits per heavy atom. The van der Waals surface area contributed by atoms with E-state index in [2.05, 4.69) is 15.0 Å². The molecule has 0 radical (unpaired) electrons. The second-order valence-electron chi connectivity index (χ2n) is 6.87. The molecule has 2 aromatic rings. The van der Waals surface area contributed by atoms with E-state index < -0.39 is 6.10 Å². The van der Waals surface area contributed by atoms with Gasteiger partial charge in [0.2, 0.25) is 11.7 Å². The van der Waals surface area contributed by atoms with E-state index >= 15 is 0 Å². The van der Waals surface area contributed by atoms with Gasteiger partial charge in [-0.25, -0.2) is 4.39 Å². The number of aromatic nitrogens is 2. The first kappa shape index (κ1) is 16.6. The zero-order chi connectivity index (χ0) is 17.4. The number of halogens is 1. The third kappa shape index (κ3) is 3.31. The molecular formula is C18H22FN3O3. The molecule has 2 saturated heterocycles. The quantitative estimate of drug-likeness (QED) is 0.920. The predicted octanol–water partition coefficient (Wildman–Crippen LogP) is 2.47. The lowest BCUT2D eigenvalue weighted by Gasteiger charge is -2.33. The normalized spacial score (nSPS) is 25.6. The third-order valence-electron chi connectivity index (χ3n) is 5.13. The van der Waals surface area contributed by atoms with Crippen molar-refractivity contribution in [3.05, 3.63) is 35.5 Å². The molecule has 6 nitrogen and oxygen atoms in total. The number of hydrogen-bond donors (Lipinski definition) is 1. The van der Waals surface area contributed by atoms with Crippen LogP contribution in [0.25, 0.3) is 11.4 Å². The Morgan fingerprint density at radius 1 is 1.28 bits per heavy atom. The van der Waals surface area contributed by atoms with Crippen LogP contribution in [0.3, 0.4) is 0 Å². The fraction of sp³-hybridized carbons (Fsp3) is 0.556. The molecule has 2 aliphatic rings. The highest BCUT2D eigenvalue weighted by atomic mass is 19.1. The van der Waals surface area contributed by atoms with Crippen LogP contribution in [0.1, 0.15) is 36.8 Å². The summed E-state index contributed by atoms with van der Waals surface area (Å²) < 4.78 is 24.7. The van der Waals surface area contributed by atoms with E-state index in [-0.39, 0.29) is 11.9 Å². The van der Waals surface area contributed by atoms with E-state index in [4.69, 9.17) is 9.26 Å². The minimum Gasteiger partial charge on any atom is -0.392 e. The lowest BCUT2D eigenvalue weighted by Crippen LogP contribution is -2.39. The standard InChI is InChI=1S/C18H22FN3O3/c1-11-2-3-12(8-15(11)19)17-20-18(25-21-17)16-9-14(23)10-22(16)13-4-6-24-7-5-13/h2-3,8,13-14,16,23H,4-7,9-10H2,1H3/t14-,16+/m1/s1. The van der Waals surface area contributed by atoms with Crippen molar-refractivity contribution in [3.63, 3.8) is 0 Å². The number of aliphatic hydroxyl groups excluding tert-OH is 1. The molecule has 2 aliphatic heterocycles. The van der Waals surface area contributed by atoms with E-state index in [1.165, 1.54) is 6.07 Å². The van der Waals surface area contributed by atoms with E-state index in [1.54, 1.807) is 19.1 Å². The number of ether oxygens (including phenoxy) is 1. The van der Waals surface area contributed by atoms with E-state index in [0.717, 1.165) is 26.1 Å². The van der Waals surface area contributed by atoms with Gasteiger partial charge < -0.3 is 14.4 Å². The first-order valence-corrected chi connectivity index (χ1v) is 8.73. The van der Waals surface area contributed by atoms with Crippen molar-refractivity contribution in [1.29, 1.82) is 0 Å². The zero-order valence-electron chi connectivity index (χ0n) is 14.2. The van der Waals surface area contributed by atoms with Gasteiger partial charge in [-0.15, -0.1) is 0 Å². The smallest absolute Gasteiger partial charge is 0.244 e. The summed E-state index contributed by atoms with van der Waals surface area (Å²) in [5.74, 6) is 0.574. The fourth-order valence-corrected chi connectivity index (χ4v) is 3.72. The Bertz CT molecular complexity index is 745. The second kappa shape index (κ2) is 6.82. The summed E-state index contributed by atoms with van der Waals surface area (Å²) in [6.07, 6.45) is 2.04. The minimum absolute atomic E-state index is 0.102. The van der Waals surface area contributed by atoms with Gasteiger partial charge in [0.1, 0.15) is 5.82 Å². The van der Waals surface area contributed by atoms with E-state index in [9.17, 15) is 9.50 Å². The SMILES string of the molecule is Cc1ccc(-c2noc([C@@H]3C[C@@H](O)CN3C3CCOCC3)n2)cc1F. The van der Waals surface area contributed by atoms with E-state index in [1.807, 2.05) is 0 Å². The van der Waals surface area contributed by atoms with Gasteiger partial charge in [-0.1, -0.05) is 17.3 Å². The molecule has 1 N–H and O–H groups in total. The molecule has 1 aromatic heterocycles. The summed E-state index contributed by atoms with van der Waals surface area (Å²) in [6, 6.07) is 5.16. The lowest BCUT2D eigenvalue weighted by molar-refractivity contribution is 0.0215. The summed E-state index contributed by atoms with van der Waals surface area (Å²) in [5, 5.41) is 14.2. The van der Waals surface area contributed by atoms with Gasteiger partial charge in [-0.05, 0) is 37.8 Å². The fourth-order valence-electron chi connectivity index (χ4n) is 3.72. The van der Waals surface area contributed by atoms with Crippen molar-refractivity contribution >= 4 is 0 Å². The number of aliphatic hydroxyl groups is 1. The summed E-state index contributed by atoms with van der Waals surface area (Å²) in [5.41, 5.74) is 1.17. The number of β-amino-alcohol motifs (C(OH)–C–C–N with tert-alkyl or cyclic N) is 1. The van der Waals surface area contributed by atoms with Crippen molar-refractivity contribution in [3.8, 4) is 11.4 Å². The molecule has 25 heavy (non-hydrogen) atoms. The van der Waals surface area contributed by atoms with Crippen LogP contribution in [0.4, 0.5) is 4.39 Å². The van der Waals surface area contributed by atoms with Gasteiger partial charge in [-0.3, -0.25) is 4.90 Å². The molecule has 4 rings (SSSR count). The van der Waals surface area contributed by atoms with Crippen LogP contribution in [0.5, 0.6) is 0 Å². The highest BCUT2D eigenvalue weighted by Crippen LogP contribution is 2.36. The maximum absolute atomic E-state index is 13.8. The zero-order valence-corrected chi connectivity index (χ0v) is 14.2. The first-order chi connectivity index (χ1) is 12.1. The number of nitrogens with zero attached hydrogens (tertiary/aromatic N) is 3. The molecule has 0 amide bonds. The van der Waals surface area contributed by atoms with Crippen molar-refractivity contribution < 1.29 is 18.8 Å². The maximum Gasteiger partial charge on any atom is 0.244 e. The lowest BCUT2D eigenvalue weighted by atomic mass is 10.1. The Balaban J connectivity index is 1.58. The maximum atomic E-state index is 13.8. The van der Waals surface area contributed by atoms with Crippen LogP contribution in [-0.4, -0.2) is 52.1 Å². The summed E-state index contributed by atoms with van der Waals surface area (Å²) >= 11 is 0. The molecule has 0 unspecified atom stereocenters. The Kier molecular flexibility index (Phi) is 4.54. The molecule has 0 saturated carbocycles. The summed E-state index contributed by atoms with van der Waals surface area (Å²) in [7, 11) is 0. The van der Waals surface area contributed by atoms with Gasteiger partial charge in [-0.2, -0.15) is 4.98 Å². The minimum atomic E-state index is -0.403. The van der Waals surface area contributed by atoms with Gasteiger partial charge in [0, 0.05) is 31.4 Å². The summed E-state index contributed by atoms with van der Waals surface area (Å²) in [4.78, 5) is 6.73. The molecule has 3 heterocycles. The van der Waals surface area contributed by atoms with Gasteiger partial charge in [0.15, 0.2) is 0 Å². The summed E-state index contributed by atoms with van der Waals surface area (Å²) in [6.45, 7) is 3.79. The van der Waals surface area contributed by atoms with Gasteiger partial charge >= 0.3 is 0 Å². The number of hydrogen-bond acceptors (Lipinski definition) is 6. The molecule has 0 bridgehead atoms. The monoisotopic (exact) mass is 347 g/mol. The van der Waals surface area contributed by atoms with Crippen molar-refractivity contribution in [1.82, 2.24) is 15.0 Å². The highest BCUT2D eigenvalue weighted by molar-refractivity contribution is 5.55. The number of rotatable bonds is 3. The average Bonchev–Trinajstić information content (AvgIpc) is 3.25. The molecular weight excluding hydrogens is 325 g/mol. The Labute approximate surface area is 145 Å². The highest BCUT2D eigenvalue weighted by Gasteiger charge is 2.40. The number of likely N-dealkylation sites (tertiary alicyclic amines) is 1.